The lowest BCUT2D eigenvalue weighted by Crippen LogP contribution is -2.40. The molecule has 2 atom stereocenters. The van der Waals surface area contributed by atoms with E-state index < -0.39 is 6.10 Å². The van der Waals surface area contributed by atoms with E-state index in [9.17, 15) is 4.79 Å². The molecule has 6 heteroatoms. The number of methoxy groups -OCH3 is 2. The lowest BCUT2D eigenvalue weighted by Gasteiger charge is -2.28. The van der Waals surface area contributed by atoms with Crippen LogP contribution in [-0.2, 0) is 4.79 Å². The van der Waals surface area contributed by atoms with E-state index in [2.05, 4.69) is 6.07 Å². The molecule has 1 amide bonds. The fourth-order valence-corrected chi connectivity index (χ4v) is 3.53. The molecule has 0 bridgehead atoms. The molecule has 0 aliphatic carbocycles. The van der Waals surface area contributed by atoms with Gasteiger partial charge in [-0.25, -0.2) is 0 Å². The van der Waals surface area contributed by atoms with E-state index in [1.807, 2.05) is 23.1 Å². The van der Waals surface area contributed by atoms with Gasteiger partial charge in [-0.1, -0.05) is 6.07 Å². The number of hydrogen-bond donors (Lipinski definition) is 0. The summed E-state index contributed by atoms with van der Waals surface area (Å²) >= 11 is 0. The van der Waals surface area contributed by atoms with E-state index in [4.69, 9.17) is 19.5 Å². The van der Waals surface area contributed by atoms with Crippen molar-refractivity contribution in [2.45, 2.75) is 31.9 Å². The minimum Gasteiger partial charge on any atom is -0.493 e. The summed E-state index contributed by atoms with van der Waals surface area (Å²) in [6.07, 6.45) is 1.22. The molecule has 6 nitrogen and oxygen atoms in total. The van der Waals surface area contributed by atoms with E-state index >= 15 is 0 Å². The Balaban J connectivity index is 1.74. The standard InChI is InChI=1S/C22H24N2O4/c1-15(28-18-9-6-16(14-23)7-10-18)22(25)24-12-4-5-19(24)17-8-11-20(26-2)21(13-17)27-3/h6-11,13,15,19H,4-5,12H2,1-3H3. The molecular weight excluding hydrogens is 356 g/mol. The van der Waals surface area contributed by atoms with Crippen LogP contribution in [0.3, 0.4) is 0 Å². The van der Waals surface area contributed by atoms with Crippen molar-refractivity contribution in [1.29, 1.82) is 5.26 Å². The van der Waals surface area contributed by atoms with Gasteiger partial charge in [0.25, 0.3) is 5.91 Å². The van der Waals surface area contributed by atoms with Crippen molar-refractivity contribution >= 4 is 5.91 Å². The molecule has 2 unspecified atom stereocenters. The van der Waals surface area contributed by atoms with Crippen LogP contribution in [0, 0.1) is 11.3 Å². The Kier molecular flexibility index (Phi) is 6.05. The third kappa shape index (κ3) is 4.04. The number of carbonyl (C=O) groups is 1. The maximum absolute atomic E-state index is 13.0. The van der Waals surface area contributed by atoms with Gasteiger partial charge in [0.05, 0.1) is 31.9 Å². The highest BCUT2D eigenvalue weighted by Gasteiger charge is 2.33. The van der Waals surface area contributed by atoms with Gasteiger partial charge in [0, 0.05) is 6.54 Å². The van der Waals surface area contributed by atoms with Crippen molar-refractivity contribution in [3.05, 3.63) is 53.6 Å². The molecule has 0 N–H and O–H groups in total. The number of nitrogens with zero attached hydrogens (tertiary/aromatic N) is 2. The topological polar surface area (TPSA) is 71.8 Å². The molecule has 1 saturated heterocycles. The van der Waals surface area contributed by atoms with Crippen LogP contribution >= 0.6 is 0 Å². The molecule has 146 valence electrons. The zero-order chi connectivity index (χ0) is 20.1. The Hall–Kier alpha value is -3.20. The van der Waals surface area contributed by atoms with Gasteiger partial charge < -0.3 is 19.1 Å². The number of nitriles is 1. The molecule has 1 heterocycles. The van der Waals surface area contributed by atoms with Gasteiger partial charge in [0.2, 0.25) is 0 Å². The molecule has 1 fully saturated rings. The Labute approximate surface area is 165 Å². The van der Waals surface area contributed by atoms with Gasteiger partial charge in [0.15, 0.2) is 17.6 Å². The lowest BCUT2D eigenvalue weighted by molar-refractivity contribution is -0.138. The van der Waals surface area contributed by atoms with E-state index in [-0.39, 0.29) is 11.9 Å². The van der Waals surface area contributed by atoms with Crippen LogP contribution in [0.2, 0.25) is 0 Å². The van der Waals surface area contributed by atoms with Crippen LogP contribution in [0.25, 0.3) is 0 Å². The SMILES string of the molecule is COc1ccc(C2CCCN2C(=O)C(C)Oc2ccc(C#N)cc2)cc1OC. The minimum atomic E-state index is -0.617. The summed E-state index contributed by atoms with van der Waals surface area (Å²) in [6, 6.07) is 14.6. The van der Waals surface area contributed by atoms with E-state index in [0.717, 1.165) is 18.4 Å². The van der Waals surface area contributed by atoms with Crippen molar-refractivity contribution in [3.8, 4) is 23.3 Å². The molecule has 1 aliphatic rings. The Morgan fingerprint density at radius 3 is 2.50 bits per heavy atom. The number of ether oxygens (including phenoxy) is 3. The first-order chi connectivity index (χ1) is 13.6. The molecule has 0 saturated carbocycles. The third-order valence-electron chi connectivity index (χ3n) is 4.97. The normalized spacial score (nSPS) is 16.9. The number of amides is 1. The van der Waals surface area contributed by atoms with Crippen molar-refractivity contribution in [2.75, 3.05) is 20.8 Å². The van der Waals surface area contributed by atoms with Gasteiger partial charge in [-0.2, -0.15) is 5.26 Å². The van der Waals surface area contributed by atoms with Crippen LogP contribution in [0.5, 0.6) is 17.2 Å². The molecule has 0 aromatic heterocycles. The van der Waals surface area contributed by atoms with Crippen molar-refractivity contribution < 1.29 is 19.0 Å². The lowest BCUT2D eigenvalue weighted by atomic mass is 10.0. The molecule has 2 aromatic rings. The predicted octanol–water partition coefficient (Wildman–Crippen LogP) is 3.71. The summed E-state index contributed by atoms with van der Waals surface area (Å²) in [7, 11) is 3.21. The predicted molar refractivity (Wildman–Crippen MR) is 104 cm³/mol. The number of rotatable bonds is 6. The van der Waals surface area contributed by atoms with Crippen LogP contribution in [0.15, 0.2) is 42.5 Å². The van der Waals surface area contributed by atoms with Crippen LogP contribution in [0.1, 0.15) is 36.9 Å². The molecule has 3 rings (SSSR count). The summed E-state index contributed by atoms with van der Waals surface area (Å²) in [5.41, 5.74) is 1.58. The Morgan fingerprint density at radius 2 is 1.86 bits per heavy atom. The molecule has 2 aromatic carbocycles. The maximum Gasteiger partial charge on any atom is 0.263 e. The average molecular weight is 380 g/mol. The van der Waals surface area contributed by atoms with Crippen LogP contribution < -0.4 is 14.2 Å². The monoisotopic (exact) mass is 380 g/mol. The van der Waals surface area contributed by atoms with Crippen molar-refractivity contribution in [3.63, 3.8) is 0 Å². The number of carbonyl (C=O) groups excluding carboxylic acids is 1. The smallest absolute Gasteiger partial charge is 0.263 e. The molecule has 0 spiro atoms. The summed E-state index contributed by atoms with van der Waals surface area (Å²) in [5.74, 6) is 1.84. The number of likely N-dealkylation sites (tertiary alicyclic amines) is 1. The Bertz CT molecular complexity index is 873. The zero-order valence-electron chi connectivity index (χ0n) is 16.3. The van der Waals surface area contributed by atoms with Gasteiger partial charge in [0.1, 0.15) is 5.75 Å². The van der Waals surface area contributed by atoms with E-state index in [1.54, 1.807) is 45.4 Å². The summed E-state index contributed by atoms with van der Waals surface area (Å²) < 4.78 is 16.5. The van der Waals surface area contributed by atoms with Gasteiger partial charge >= 0.3 is 0 Å². The third-order valence-corrected chi connectivity index (χ3v) is 4.97. The Morgan fingerprint density at radius 1 is 1.14 bits per heavy atom. The minimum absolute atomic E-state index is 0.0145. The fourth-order valence-electron chi connectivity index (χ4n) is 3.53. The van der Waals surface area contributed by atoms with Crippen LogP contribution in [0.4, 0.5) is 0 Å². The van der Waals surface area contributed by atoms with Crippen molar-refractivity contribution in [1.82, 2.24) is 4.90 Å². The average Bonchev–Trinajstić information content (AvgIpc) is 3.23. The van der Waals surface area contributed by atoms with Gasteiger partial charge in [-0.05, 0) is 61.7 Å². The first-order valence-electron chi connectivity index (χ1n) is 9.26. The fraction of sp³-hybridized carbons (Fsp3) is 0.364. The summed E-state index contributed by atoms with van der Waals surface area (Å²) in [5, 5.41) is 8.88. The second kappa shape index (κ2) is 8.66. The van der Waals surface area contributed by atoms with Crippen molar-refractivity contribution in [2.24, 2.45) is 0 Å². The first-order valence-corrected chi connectivity index (χ1v) is 9.26. The summed E-state index contributed by atoms with van der Waals surface area (Å²) in [4.78, 5) is 14.9. The first kappa shape index (κ1) is 19.6. The molecule has 28 heavy (non-hydrogen) atoms. The number of hydrogen-bond acceptors (Lipinski definition) is 5. The van der Waals surface area contributed by atoms with Gasteiger partial charge in [-0.3, -0.25) is 4.79 Å². The second-order valence-electron chi connectivity index (χ2n) is 6.70. The largest absolute Gasteiger partial charge is 0.493 e. The maximum atomic E-state index is 13.0. The quantitative estimate of drug-likeness (QED) is 0.764. The summed E-state index contributed by atoms with van der Waals surface area (Å²) in [6.45, 7) is 2.45. The highest BCUT2D eigenvalue weighted by Crippen LogP contribution is 2.37. The second-order valence-corrected chi connectivity index (χ2v) is 6.70. The van der Waals surface area contributed by atoms with E-state index in [1.165, 1.54) is 0 Å². The van der Waals surface area contributed by atoms with Crippen LogP contribution in [-0.4, -0.2) is 37.7 Å². The molecule has 1 aliphatic heterocycles. The van der Waals surface area contributed by atoms with Gasteiger partial charge in [-0.15, -0.1) is 0 Å². The number of benzene rings is 2. The highest BCUT2D eigenvalue weighted by atomic mass is 16.5. The highest BCUT2D eigenvalue weighted by molar-refractivity contribution is 5.81. The zero-order valence-corrected chi connectivity index (χ0v) is 16.3. The molecule has 0 radical (unpaired) electrons. The molecular formula is C22H24N2O4. The van der Waals surface area contributed by atoms with E-state index in [0.29, 0.717) is 29.4 Å².